The molecule has 0 saturated heterocycles. The highest BCUT2D eigenvalue weighted by Crippen LogP contribution is 2.33. The first-order valence-corrected chi connectivity index (χ1v) is 12.7. The average molecular weight is 537 g/mol. The van der Waals surface area contributed by atoms with Crippen LogP contribution in [-0.4, -0.2) is 41.7 Å². The van der Waals surface area contributed by atoms with Crippen LogP contribution >= 0.6 is 11.6 Å². The van der Waals surface area contributed by atoms with Crippen molar-refractivity contribution in [3.63, 3.8) is 0 Å². The Balaban J connectivity index is 1.91. The van der Waals surface area contributed by atoms with E-state index in [4.69, 9.17) is 25.8 Å². The lowest BCUT2D eigenvalue weighted by molar-refractivity contribution is -0.119. The van der Waals surface area contributed by atoms with Crippen LogP contribution in [0.1, 0.15) is 12.5 Å². The first kappa shape index (κ1) is 27.1. The molecule has 0 aliphatic carbocycles. The summed E-state index contributed by atoms with van der Waals surface area (Å²) in [5.41, 5.74) is 0.790. The maximum absolute atomic E-state index is 13.8. The van der Waals surface area contributed by atoms with Crippen LogP contribution in [0.3, 0.4) is 0 Å². The van der Waals surface area contributed by atoms with E-state index < -0.39 is 28.3 Å². The molecule has 0 aromatic heterocycles. The molecule has 8 nitrogen and oxygen atoms in total. The van der Waals surface area contributed by atoms with Gasteiger partial charge in [-0.25, -0.2) is 12.8 Å². The van der Waals surface area contributed by atoms with E-state index in [1.165, 1.54) is 38.5 Å². The minimum Gasteiger partial charge on any atom is -0.494 e. The quantitative estimate of drug-likeness (QED) is 0.390. The van der Waals surface area contributed by atoms with Crippen LogP contribution in [0.25, 0.3) is 0 Å². The third-order valence-corrected chi connectivity index (χ3v) is 7.18. The second-order valence-corrected chi connectivity index (χ2v) is 9.75. The summed E-state index contributed by atoms with van der Waals surface area (Å²) in [7, 11) is -1.50. The summed E-state index contributed by atoms with van der Waals surface area (Å²) in [6.45, 7) is 1.93. The van der Waals surface area contributed by atoms with E-state index in [0.29, 0.717) is 18.1 Å². The van der Waals surface area contributed by atoms with Crippen LogP contribution in [0.4, 0.5) is 10.1 Å². The van der Waals surface area contributed by atoms with Gasteiger partial charge in [-0.2, -0.15) is 0 Å². The second-order valence-electron chi connectivity index (χ2n) is 7.48. The lowest BCUT2D eigenvalue weighted by Crippen LogP contribution is -2.40. The summed E-state index contributed by atoms with van der Waals surface area (Å²) < 4.78 is 57.8. The third-order valence-electron chi connectivity index (χ3n) is 5.12. The Labute approximate surface area is 214 Å². The number of benzene rings is 3. The van der Waals surface area contributed by atoms with Crippen molar-refractivity contribution in [2.24, 2.45) is 0 Å². The van der Waals surface area contributed by atoms with Gasteiger partial charge in [0.25, 0.3) is 10.0 Å². The minimum atomic E-state index is -4.30. The van der Waals surface area contributed by atoms with Crippen molar-refractivity contribution >= 4 is 33.2 Å². The zero-order chi connectivity index (χ0) is 26.3. The van der Waals surface area contributed by atoms with Crippen molar-refractivity contribution < 1.29 is 31.8 Å². The summed E-state index contributed by atoms with van der Waals surface area (Å²) in [4.78, 5) is 12.7. The number of halogens is 2. The zero-order valence-electron chi connectivity index (χ0n) is 20.0. The Morgan fingerprint density at radius 2 is 1.78 bits per heavy atom. The molecular weight excluding hydrogens is 511 g/mol. The lowest BCUT2D eigenvalue weighted by atomic mass is 10.2. The minimum absolute atomic E-state index is 0.0182. The summed E-state index contributed by atoms with van der Waals surface area (Å²) >= 11 is 5.91. The molecule has 0 bridgehead atoms. The average Bonchev–Trinajstić information content (AvgIpc) is 2.87. The third kappa shape index (κ3) is 6.38. The topological polar surface area (TPSA) is 94.2 Å². The van der Waals surface area contributed by atoms with Gasteiger partial charge >= 0.3 is 0 Å². The van der Waals surface area contributed by atoms with E-state index in [0.717, 1.165) is 22.0 Å². The smallest absolute Gasteiger partial charge is 0.264 e. The van der Waals surface area contributed by atoms with Crippen LogP contribution in [0, 0.1) is 5.82 Å². The highest BCUT2D eigenvalue weighted by Gasteiger charge is 2.29. The first-order chi connectivity index (χ1) is 17.2. The van der Waals surface area contributed by atoms with Gasteiger partial charge in [-0.05, 0) is 55.0 Å². The molecule has 0 atom stereocenters. The van der Waals surface area contributed by atoms with E-state index >= 15 is 0 Å². The van der Waals surface area contributed by atoms with Gasteiger partial charge in [-0.1, -0.05) is 23.7 Å². The molecule has 0 unspecified atom stereocenters. The molecule has 0 aliphatic rings. The van der Waals surface area contributed by atoms with Crippen LogP contribution in [-0.2, 0) is 21.4 Å². The molecule has 3 aromatic rings. The molecule has 0 saturated carbocycles. The van der Waals surface area contributed by atoms with Gasteiger partial charge in [0.2, 0.25) is 5.91 Å². The number of ether oxygens (including phenoxy) is 3. The molecule has 1 N–H and O–H groups in total. The van der Waals surface area contributed by atoms with Crippen molar-refractivity contribution in [1.29, 1.82) is 0 Å². The van der Waals surface area contributed by atoms with Gasteiger partial charge in [0.15, 0.2) is 11.5 Å². The fourth-order valence-corrected chi connectivity index (χ4v) is 4.96. The number of amides is 1. The Bertz CT molecular complexity index is 1340. The summed E-state index contributed by atoms with van der Waals surface area (Å²) in [6.07, 6.45) is 0. The Hall–Kier alpha value is -3.50. The summed E-state index contributed by atoms with van der Waals surface area (Å²) in [6, 6.07) is 14.6. The van der Waals surface area contributed by atoms with Crippen LogP contribution in [0.5, 0.6) is 17.2 Å². The molecule has 1 amide bonds. The number of rotatable bonds is 11. The van der Waals surface area contributed by atoms with Crippen molar-refractivity contribution in [3.8, 4) is 17.2 Å². The molecule has 0 aliphatic heterocycles. The number of carbonyl (C=O) groups excluding carboxylic acids is 1. The molecular formula is C25H26ClFN2O6S. The van der Waals surface area contributed by atoms with Crippen molar-refractivity contribution in [3.05, 3.63) is 77.1 Å². The van der Waals surface area contributed by atoms with Crippen LogP contribution in [0.15, 0.2) is 65.6 Å². The number of hydrogen-bond donors (Lipinski definition) is 1. The Morgan fingerprint density at radius 1 is 1.03 bits per heavy atom. The number of nitrogens with zero attached hydrogens (tertiary/aromatic N) is 1. The van der Waals surface area contributed by atoms with Crippen LogP contribution < -0.4 is 23.8 Å². The Kier molecular flexibility index (Phi) is 9.00. The SMILES string of the molecule is CCOc1cccc(CNC(=O)CN(c2ccc(F)c(Cl)c2)S(=O)(=O)c2ccc(OC)c(OC)c2)c1. The van der Waals surface area contributed by atoms with E-state index in [9.17, 15) is 17.6 Å². The van der Waals surface area contributed by atoms with E-state index in [1.807, 2.05) is 6.92 Å². The molecule has 0 fully saturated rings. The Morgan fingerprint density at radius 3 is 2.44 bits per heavy atom. The number of nitrogens with one attached hydrogen (secondary N) is 1. The van der Waals surface area contributed by atoms with Gasteiger partial charge in [0.05, 0.1) is 36.4 Å². The highest BCUT2D eigenvalue weighted by atomic mass is 35.5. The van der Waals surface area contributed by atoms with Crippen molar-refractivity contribution in [2.45, 2.75) is 18.4 Å². The number of hydrogen-bond acceptors (Lipinski definition) is 6. The largest absolute Gasteiger partial charge is 0.494 e. The lowest BCUT2D eigenvalue weighted by Gasteiger charge is -2.25. The monoisotopic (exact) mass is 536 g/mol. The fraction of sp³-hybridized carbons (Fsp3) is 0.240. The van der Waals surface area contributed by atoms with Gasteiger partial charge < -0.3 is 19.5 Å². The fourth-order valence-electron chi connectivity index (χ4n) is 3.36. The van der Waals surface area contributed by atoms with Crippen LogP contribution in [0.2, 0.25) is 5.02 Å². The number of carbonyl (C=O) groups is 1. The molecule has 36 heavy (non-hydrogen) atoms. The van der Waals surface area contributed by atoms with Gasteiger partial charge in [-0.3, -0.25) is 9.10 Å². The van der Waals surface area contributed by atoms with E-state index in [2.05, 4.69) is 5.32 Å². The van der Waals surface area contributed by atoms with Gasteiger partial charge in [0.1, 0.15) is 18.1 Å². The number of sulfonamides is 1. The zero-order valence-corrected chi connectivity index (χ0v) is 21.5. The molecule has 3 aromatic carbocycles. The maximum Gasteiger partial charge on any atom is 0.264 e. The molecule has 0 radical (unpaired) electrons. The maximum atomic E-state index is 13.8. The number of anilines is 1. The predicted molar refractivity (Wildman–Crippen MR) is 135 cm³/mol. The normalized spacial score (nSPS) is 11.0. The number of methoxy groups -OCH3 is 2. The molecule has 0 heterocycles. The second kappa shape index (κ2) is 12.0. The molecule has 0 spiro atoms. The van der Waals surface area contributed by atoms with Crippen molar-refractivity contribution in [2.75, 3.05) is 31.7 Å². The summed E-state index contributed by atoms with van der Waals surface area (Å²) in [5.74, 6) is -0.124. The van der Waals surface area contributed by atoms with E-state index in [1.54, 1.807) is 24.3 Å². The van der Waals surface area contributed by atoms with Crippen molar-refractivity contribution in [1.82, 2.24) is 5.32 Å². The molecule has 3 rings (SSSR count). The van der Waals surface area contributed by atoms with Gasteiger partial charge in [-0.15, -0.1) is 0 Å². The van der Waals surface area contributed by atoms with Gasteiger partial charge in [0, 0.05) is 12.6 Å². The molecule has 192 valence electrons. The summed E-state index contributed by atoms with van der Waals surface area (Å²) in [5, 5.41) is 2.42. The highest BCUT2D eigenvalue weighted by molar-refractivity contribution is 7.92. The predicted octanol–water partition coefficient (Wildman–Crippen LogP) is 4.41. The molecule has 11 heteroatoms. The standard InChI is InChI=1S/C25H26ClFN2O6S/c1-4-35-19-7-5-6-17(12-19)15-28-25(30)16-29(18-8-10-22(27)21(26)13-18)36(31,32)20-9-11-23(33-2)24(14-20)34-3/h5-14H,4,15-16H2,1-3H3,(H,28,30). The van der Waals surface area contributed by atoms with E-state index in [-0.39, 0.29) is 27.9 Å². The first-order valence-electron chi connectivity index (χ1n) is 10.9.